The molecular weight excluding hydrogens is 307 g/mol. The lowest BCUT2D eigenvalue weighted by Crippen LogP contribution is -2.05. The number of ether oxygens (including phenoxy) is 1. The van der Waals surface area contributed by atoms with Crippen LogP contribution in [0.15, 0.2) is 60.4 Å². The van der Waals surface area contributed by atoms with Crippen LogP contribution in [0.3, 0.4) is 0 Å². The molecule has 0 aliphatic rings. The first-order valence-corrected chi connectivity index (χ1v) is 6.65. The Morgan fingerprint density at radius 3 is 2.48 bits per heavy atom. The van der Waals surface area contributed by atoms with Gasteiger partial charge in [0.05, 0.1) is 11.8 Å². The number of benzene rings is 1. The summed E-state index contributed by atoms with van der Waals surface area (Å²) in [6.45, 7) is 3.98. The zero-order valence-electron chi connectivity index (χ0n) is 12.0. The Kier molecular flexibility index (Phi) is 5.35. The molecule has 2 aromatic rings. The number of alkyl halides is 3. The van der Waals surface area contributed by atoms with E-state index in [0.29, 0.717) is 12.4 Å². The topological polar surface area (TPSA) is 46.5 Å². The average molecular weight is 321 g/mol. The van der Waals surface area contributed by atoms with Crippen molar-refractivity contribution in [2.75, 3.05) is 12.0 Å². The Morgan fingerprint density at radius 2 is 1.91 bits per heavy atom. The third-order valence-electron chi connectivity index (χ3n) is 2.73. The second-order valence-electron chi connectivity index (χ2n) is 4.47. The maximum atomic E-state index is 12.4. The fourth-order valence-electron chi connectivity index (χ4n) is 1.61. The van der Waals surface area contributed by atoms with E-state index in [0.717, 1.165) is 17.8 Å². The van der Waals surface area contributed by atoms with Gasteiger partial charge in [0.15, 0.2) is 0 Å². The largest absolute Gasteiger partial charge is 0.490 e. The maximum absolute atomic E-state index is 12.4. The summed E-state index contributed by atoms with van der Waals surface area (Å²) in [5.41, 5.74) is 2.56. The molecule has 0 aliphatic carbocycles. The molecule has 7 heteroatoms. The molecule has 120 valence electrons. The van der Waals surface area contributed by atoms with Gasteiger partial charge in [-0.15, -0.1) is 0 Å². The lowest BCUT2D eigenvalue weighted by atomic mass is 10.2. The van der Waals surface area contributed by atoms with Gasteiger partial charge in [-0.25, -0.2) is 4.98 Å². The van der Waals surface area contributed by atoms with Gasteiger partial charge in [0.1, 0.15) is 18.2 Å². The number of hydrogen-bond donors (Lipinski definition) is 1. The molecule has 0 bridgehead atoms. The van der Waals surface area contributed by atoms with Gasteiger partial charge in [-0.3, -0.25) is 5.43 Å². The number of hydrogen-bond acceptors (Lipinski definition) is 4. The molecule has 0 radical (unpaired) electrons. The summed E-state index contributed by atoms with van der Waals surface area (Å²) < 4.78 is 42.5. The first-order chi connectivity index (χ1) is 11.0. The van der Waals surface area contributed by atoms with E-state index < -0.39 is 11.7 Å². The van der Waals surface area contributed by atoms with Crippen LogP contribution in [0.25, 0.3) is 0 Å². The van der Waals surface area contributed by atoms with Crippen LogP contribution in [0.1, 0.15) is 11.1 Å². The second kappa shape index (κ2) is 7.44. The molecule has 2 rings (SSSR count). The first-order valence-electron chi connectivity index (χ1n) is 6.65. The quantitative estimate of drug-likeness (QED) is 0.495. The number of rotatable bonds is 6. The molecular formula is C16H14F3N3O. The van der Waals surface area contributed by atoms with E-state index in [1.54, 1.807) is 30.3 Å². The van der Waals surface area contributed by atoms with Crippen molar-refractivity contribution in [2.45, 2.75) is 6.18 Å². The van der Waals surface area contributed by atoms with Crippen LogP contribution in [0.5, 0.6) is 5.75 Å². The van der Waals surface area contributed by atoms with Gasteiger partial charge in [-0.2, -0.15) is 18.3 Å². The Hall–Kier alpha value is -2.83. The summed E-state index contributed by atoms with van der Waals surface area (Å²) in [4.78, 5) is 3.65. The lowest BCUT2D eigenvalue weighted by Gasteiger charge is -2.06. The van der Waals surface area contributed by atoms with Gasteiger partial charge in [0.25, 0.3) is 0 Å². The van der Waals surface area contributed by atoms with E-state index >= 15 is 0 Å². The molecule has 0 unspecified atom stereocenters. The van der Waals surface area contributed by atoms with Gasteiger partial charge in [0, 0.05) is 6.20 Å². The summed E-state index contributed by atoms with van der Waals surface area (Å²) in [5.74, 6) is 0.930. The van der Waals surface area contributed by atoms with Crippen molar-refractivity contribution >= 4 is 12.0 Å². The number of aromatic nitrogens is 1. The van der Waals surface area contributed by atoms with E-state index in [2.05, 4.69) is 22.1 Å². The van der Waals surface area contributed by atoms with Crippen molar-refractivity contribution in [3.63, 3.8) is 0 Å². The van der Waals surface area contributed by atoms with Gasteiger partial charge in [-0.05, 0) is 42.0 Å². The highest BCUT2D eigenvalue weighted by molar-refractivity contribution is 5.80. The summed E-state index contributed by atoms with van der Waals surface area (Å²) >= 11 is 0. The Labute approximate surface area is 131 Å². The van der Waals surface area contributed by atoms with Crippen LogP contribution in [0.4, 0.5) is 19.0 Å². The van der Waals surface area contributed by atoms with Crippen molar-refractivity contribution in [3.8, 4) is 5.75 Å². The summed E-state index contributed by atoms with van der Waals surface area (Å²) in [7, 11) is 0. The zero-order valence-corrected chi connectivity index (χ0v) is 12.0. The highest BCUT2D eigenvalue weighted by Crippen LogP contribution is 2.28. The number of anilines is 1. The SMILES string of the molecule is C=CCOc1ccc(/C=N\Nc2ccc(C(F)(F)F)cn2)cc1. The lowest BCUT2D eigenvalue weighted by molar-refractivity contribution is -0.137. The van der Waals surface area contributed by atoms with Crippen LogP contribution in [0.2, 0.25) is 0 Å². The standard InChI is InChI=1S/C16H14F3N3O/c1-2-9-23-14-6-3-12(4-7-14)10-21-22-15-8-5-13(11-20-15)16(17,18)19/h2-8,10-11H,1,9H2,(H,20,22)/b21-10-. The molecule has 4 nitrogen and oxygen atoms in total. The molecule has 0 spiro atoms. The number of pyridine rings is 1. The molecule has 1 aromatic heterocycles. The molecule has 0 fully saturated rings. The minimum Gasteiger partial charge on any atom is -0.490 e. The van der Waals surface area contributed by atoms with Crippen molar-refractivity contribution in [1.82, 2.24) is 4.98 Å². The van der Waals surface area contributed by atoms with E-state index in [1.807, 2.05) is 0 Å². The highest BCUT2D eigenvalue weighted by Gasteiger charge is 2.30. The van der Waals surface area contributed by atoms with E-state index in [9.17, 15) is 13.2 Å². The fraction of sp³-hybridized carbons (Fsp3) is 0.125. The molecule has 0 amide bonds. The molecule has 1 N–H and O–H groups in total. The predicted molar refractivity (Wildman–Crippen MR) is 82.6 cm³/mol. The van der Waals surface area contributed by atoms with Gasteiger partial charge >= 0.3 is 6.18 Å². The third-order valence-corrected chi connectivity index (χ3v) is 2.73. The van der Waals surface area contributed by atoms with Gasteiger partial charge < -0.3 is 4.74 Å². The number of nitrogens with zero attached hydrogens (tertiary/aromatic N) is 2. The van der Waals surface area contributed by atoms with Crippen LogP contribution in [0, 0.1) is 0 Å². The Morgan fingerprint density at radius 1 is 1.17 bits per heavy atom. The monoisotopic (exact) mass is 321 g/mol. The van der Waals surface area contributed by atoms with Crippen LogP contribution in [-0.4, -0.2) is 17.8 Å². The van der Waals surface area contributed by atoms with Crippen LogP contribution < -0.4 is 10.2 Å². The van der Waals surface area contributed by atoms with E-state index in [-0.39, 0.29) is 5.82 Å². The normalized spacial score (nSPS) is 11.4. The Balaban J connectivity index is 1.92. The van der Waals surface area contributed by atoms with Crippen LogP contribution >= 0.6 is 0 Å². The fourth-order valence-corrected chi connectivity index (χ4v) is 1.61. The molecule has 1 heterocycles. The molecule has 0 atom stereocenters. The van der Waals surface area contributed by atoms with E-state index in [1.165, 1.54) is 12.3 Å². The van der Waals surface area contributed by atoms with Crippen molar-refractivity contribution < 1.29 is 17.9 Å². The minimum absolute atomic E-state index is 0.222. The van der Waals surface area contributed by atoms with Crippen molar-refractivity contribution in [1.29, 1.82) is 0 Å². The summed E-state index contributed by atoms with van der Waals surface area (Å²) in [6.07, 6.45) is -0.471. The minimum atomic E-state index is -4.40. The molecule has 23 heavy (non-hydrogen) atoms. The third kappa shape index (κ3) is 5.14. The average Bonchev–Trinajstić information content (AvgIpc) is 2.54. The van der Waals surface area contributed by atoms with E-state index in [4.69, 9.17) is 4.74 Å². The highest BCUT2D eigenvalue weighted by atomic mass is 19.4. The molecule has 0 saturated heterocycles. The smallest absolute Gasteiger partial charge is 0.417 e. The molecule has 1 aromatic carbocycles. The van der Waals surface area contributed by atoms with Crippen molar-refractivity contribution in [2.24, 2.45) is 5.10 Å². The summed E-state index contributed by atoms with van der Waals surface area (Å²) in [6, 6.07) is 9.30. The van der Waals surface area contributed by atoms with Gasteiger partial charge in [-0.1, -0.05) is 12.7 Å². The van der Waals surface area contributed by atoms with Crippen LogP contribution in [-0.2, 0) is 6.18 Å². The number of hydrazone groups is 1. The molecule has 0 saturated carbocycles. The molecule has 0 aliphatic heterocycles. The predicted octanol–water partition coefficient (Wildman–Crippen LogP) is 4.11. The second-order valence-corrected chi connectivity index (χ2v) is 4.47. The van der Waals surface area contributed by atoms with Gasteiger partial charge in [0.2, 0.25) is 0 Å². The summed E-state index contributed by atoms with van der Waals surface area (Å²) in [5, 5.41) is 3.92. The number of halogens is 3. The zero-order chi connectivity index (χ0) is 16.7. The van der Waals surface area contributed by atoms with Crippen molar-refractivity contribution in [3.05, 3.63) is 66.4 Å². The maximum Gasteiger partial charge on any atom is 0.417 e. The Bertz CT molecular complexity index is 664. The first kappa shape index (κ1) is 16.5. The number of nitrogens with one attached hydrogen (secondary N) is 1.